The minimum Gasteiger partial charge on any atom is -0.496 e. The number of nitrogens with one attached hydrogen (secondary N) is 1. The van der Waals surface area contributed by atoms with E-state index in [1.165, 1.54) is 7.11 Å². The Morgan fingerprint density at radius 2 is 1.88 bits per heavy atom. The number of methoxy groups -OCH3 is 1. The first-order valence-electron chi connectivity index (χ1n) is 14.5. The Morgan fingerprint density at radius 1 is 1.15 bits per heavy atom. The Morgan fingerprint density at radius 3 is 2.52 bits per heavy atom. The summed E-state index contributed by atoms with van der Waals surface area (Å²) in [5.41, 5.74) is -3.33. The number of esters is 1. The first kappa shape index (κ1) is 26.2. The number of ether oxygens (including phenoxy) is 3. The SMILES string of the molecule is CCC1/C=C/C(O)C(C)OC(=O)C2(C)C3CC(=O)NC34C(=O)c3cc(C)c(OC)c5c3C2(OC5(O)CC1)C41CC1. The van der Waals surface area contributed by atoms with Gasteiger partial charge in [0.05, 0.1) is 12.7 Å². The monoisotopic (exact) mass is 551 g/mol. The predicted octanol–water partition coefficient (Wildman–Crippen LogP) is 2.91. The van der Waals surface area contributed by atoms with E-state index in [4.69, 9.17) is 14.2 Å². The number of Topliss-reactive ketones (excluding diaryl/α,β-unsaturated/α-hetero) is 1. The second-order valence-electron chi connectivity index (χ2n) is 13.0. The highest BCUT2D eigenvalue weighted by Crippen LogP contribution is 2.87. The molecular weight excluding hydrogens is 514 g/mol. The van der Waals surface area contributed by atoms with Crippen molar-refractivity contribution in [2.45, 2.75) is 95.4 Å². The quantitative estimate of drug-likeness (QED) is 0.378. The minimum atomic E-state index is -1.85. The maximum atomic E-state index is 14.7. The molecule has 3 aliphatic carbocycles. The first-order valence-corrected chi connectivity index (χ1v) is 14.5. The van der Waals surface area contributed by atoms with Crippen LogP contribution >= 0.6 is 0 Å². The van der Waals surface area contributed by atoms with Gasteiger partial charge in [0.25, 0.3) is 0 Å². The molecule has 1 amide bonds. The Bertz CT molecular complexity index is 1410. The van der Waals surface area contributed by atoms with E-state index in [1.54, 1.807) is 26.0 Å². The molecule has 0 aromatic heterocycles. The third-order valence-electron chi connectivity index (χ3n) is 11.3. The van der Waals surface area contributed by atoms with E-state index < -0.39 is 51.9 Å². The van der Waals surface area contributed by atoms with Gasteiger partial charge in [-0.1, -0.05) is 19.1 Å². The van der Waals surface area contributed by atoms with Gasteiger partial charge in [-0.25, -0.2) is 0 Å². The number of aliphatic hydroxyl groups is 2. The number of ketones is 1. The lowest BCUT2D eigenvalue weighted by molar-refractivity contribution is -0.304. The Kier molecular flexibility index (Phi) is 5.07. The highest BCUT2D eigenvalue weighted by atomic mass is 16.7. The summed E-state index contributed by atoms with van der Waals surface area (Å²) in [6.45, 7) is 7.23. The largest absolute Gasteiger partial charge is 0.496 e. The van der Waals surface area contributed by atoms with Crippen molar-refractivity contribution in [2.24, 2.45) is 22.7 Å². The summed E-state index contributed by atoms with van der Waals surface area (Å²) < 4.78 is 19.0. The van der Waals surface area contributed by atoms with Crippen LogP contribution in [-0.2, 0) is 30.5 Å². The molecule has 3 aliphatic heterocycles. The van der Waals surface area contributed by atoms with Gasteiger partial charge in [-0.2, -0.15) is 0 Å². The number of hydrogen-bond donors (Lipinski definition) is 3. The summed E-state index contributed by atoms with van der Waals surface area (Å²) in [7, 11) is 1.53. The van der Waals surface area contributed by atoms with Crippen LogP contribution in [0.3, 0.4) is 0 Å². The Hall–Kier alpha value is -2.75. The lowest BCUT2D eigenvalue weighted by Crippen LogP contribution is -2.63. The highest BCUT2D eigenvalue weighted by molar-refractivity contribution is 6.14. The zero-order valence-electron chi connectivity index (χ0n) is 23.6. The zero-order chi connectivity index (χ0) is 28.6. The van der Waals surface area contributed by atoms with Gasteiger partial charge in [0.15, 0.2) is 11.6 Å². The summed E-state index contributed by atoms with van der Waals surface area (Å²) in [5, 5.41) is 26.6. The average molecular weight is 552 g/mol. The summed E-state index contributed by atoms with van der Waals surface area (Å²) in [6, 6.07) is 1.76. The third kappa shape index (κ3) is 2.55. The first-order chi connectivity index (χ1) is 18.9. The fourth-order valence-electron chi connectivity index (χ4n) is 9.43. The van der Waals surface area contributed by atoms with Gasteiger partial charge in [0, 0.05) is 35.3 Å². The molecule has 3 N–H and O–H groups in total. The molecule has 2 saturated carbocycles. The van der Waals surface area contributed by atoms with Gasteiger partial charge in [0.2, 0.25) is 5.91 Å². The molecule has 1 aromatic carbocycles. The fourth-order valence-corrected chi connectivity index (χ4v) is 9.43. The number of aryl methyl sites for hydroxylation is 1. The fraction of sp³-hybridized carbons (Fsp3) is 0.645. The standard InChI is InChI=1S/C31H37NO8/c1-6-17-7-8-19(33)16(3)39-26(36)27(4)20-14-21(34)32-30(20)25(35)18-13-15(2)24(38-5)23-22(18)31(27,28(30)11-12-28)40-29(23,37)10-9-17/h7-8,13,16-17,19-20,33,37H,6,9-12,14H2,1-5H3,(H,32,34)/b8-7+. The second-order valence-corrected chi connectivity index (χ2v) is 13.0. The normalized spacial score (nSPS) is 44.7. The number of aliphatic hydroxyl groups excluding tert-OH is 1. The number of rotatable bonds is 2. The van der Waals surface area contributed by atoms with Crippen LogP contribution in [0.15, 0.2) is 18.2 Å². The molecule has 3 spiro atoms. The number of fused-ring (bicyclic) bond motifs is 3. The van der Waals surface area contributed by atoms with Crippen LogP contribution < -0.4 is 10.1 Å². The van der Waals surface area contributed by atoms with Crippen molar-refractivity contribution in [2.75, 3.05) is 7.11 Å². The zero-order valence-corrected chi connectivity index (χ0v) is 23.6. The van der Waals surface area contributed by atoms with Gasteiger partial charge >= 0.3 is 5.97 Å². The van der Waals surface area contributed by atoms with E-state index in [1.807, 2.05) is 19.9 Å². The van der Waals surface area contributed by atoms with Crippen molar-refractivity contribution in [1.29, 1.82) is 0 Å². The van der Waals surface area contributed by atoms with Crippen molar-refractivity contribution in [1.82, 2.24) is 5.32 Å². The van der Waals surface area contributed by atoms with Crippen LogP contribution in [0.2, 0.25) is 0 Å². The maximum Gasteiger partial charge on any atom is 0.315 e. The molecule has 3 bridgehead atoms. The molecule has 9 heteroatoms. The van der Waals surface area contributed by atoms with Crippen molar-refractivity contribution >= 4 is 17.7 Å². The molecule has 0 radical (unpaired) electrons. The average Bonchev–Trinajstić information content (AvgIpc) is 3.56. The van der Waals surface area contributed by atoms with Gasteiger partial charge in [-0.15, -0.1) is 0 Å². The number of benzene rings is 1. The molecule has 40 heavy (non-hydrogen) atoms. The molecule has 214 valence electrons. The van der Waals surface area contributed by atoms with E-state index in [0.717, 1.165) is 6.42 Å². The van der Waals surface area contributed by atoms with Crippen molar-refractivity contribution in [3.05, 3.63) is 40.5 Å². The summed E-state index contributed by atoms with van der Waals surface area (Å²) in [4.78, 5) is 42.4. The number of cyclic esters (lactones) is 1. The van der Waals surface area contributed by atoms with Gasteiger partial charge in [-0.05, 0) is 64.0 Å². The third-order valence-corrected chi connectivity index (χ3v) is 11.3. The second kappa shape index (κ2) is 7.75. The maximum absolute atomic E-state index is 14.7. The van der Waals surface area contributed by atoms with Gasteiger partial charge in [-0.3, -0.25) is 14.4 Å². The molecule has 7 rings (SSSR count). The minimum absolute atomic E-state index is 0.0165. The summed E-state index contributed by atoms with van der Waals surface area (Å²) in [5.74, 6) is -3.35. The summed E-state index contributed by atoms with van der Waals surface area (Å²) in [6.07, 6.45) is 4.15. The number of amides is 1. The predicted molar refractivity (Wildman–Crippen MR) is 141 cm³/mol. The van der Waals surface area contributed by atoms with E-state index in [9.17, 15) is 24.6 Å². The topological polar surface area (TPSA) is 131 Å². The van der Waals surface area contributed by atoms with E-state index in [2.05, 4.69) is 5.32 Å². The molecule has 6 aliphatic rings. The van der Waals surface area contributed by atoms with Gasteiger partial charge < -0.3 is 29.7 Å². The summed E-state index contributed by atoms with van der Waals surface area (Å²) >= 11 is 0. The van der Waals surface area contributed by atoms with Crippen LogP contribution in [0.5, 0.6) is 5.75 Å². The molecule has 3 heterocycles. The Balaban J connectivity index is 1.59. The van der Waals surface area contributed by atoms with Crippen LogP contribution in [0.25, 0.3) is 0 Å². The highest BCUT2D eigenvalue weighted by Gasteiger charge is 2.95. The molecule has 8 atom stereocenters. The Labute approximate surface area is 233 Å². The van der Waals surface area contributed by atoms with Crippen LogP contribution in [0.1, 0.15) is 86.3 Å². The molecule has 9 nitrogen and oxygen atoms in total. The van der Waals surface area contributed by atoms with Crippen molar-refractivity contribution < 1.29 is 38.8 Å². The van der Waals surface area contributed by atoms with E-state index in [-0.39, 0.29) is 30.4 Å². The van der Waals surface area contributed by atoms with E-state index >= 15 is 0 Å². The van der Waals surface area contributed by atoms with Crippen LogP contribution in [0.4, 0.5) is 0 Å². The number of carbonyl (C=O) groups is 3. The molecule has 3 fully saturated rings. The molecule has 1 aromatic rings. The lowest BCUT2D eigenvalue weighted by atomic mass is 9.60. The number of hydrogen-bond acceptors (Lipinski definition) is 8. The van der Waals surface area contributed by atoms with Crippen molar-refractivity contribution in [3.8, 4) is 5.75 Å². The van der Waals surface area contributed by atoms with Crippen LogP contribution in [0, 0.1) is 29.6 Å². The molecule has 8 unspecified atom stereocenters. The molecular formula is C31H37NO8. The van der Waals surface area contributed by atoms with Crippen LogP contribution in [-0.4, -0.2) is 52.7 Å². The number of allylic oxidation sites excluding steroid dienone is 1. The van der Waals surface area contributed by atoms with Crippen molar-refractivity contribution in [3.63, 3.8) is 0 Å². The smallest absolute Gasteiger partial charge is 0.315 e. The van der Waals surface area contributed by atoms with E-state index in [0.29, 0.717) is 47.3 Å². The van der Waals surface area contributed by atoms with Gasteiger partial charge in [0.1, 0.15) is 34.5 Å². The molecule has 1 saturated heterocycles. The lowest BCUT2D eigenvalue weighted by Gasteiger charge is -2.49. The number of carbonyl (C=O) groups excluding carboxylic acids is 3.